The second-order valence-corrected chi connectivity index (χ2v) is 4.11. The Labute approximate surface area is 106 Å². The first-order valence-electron chi connectivity index (χ1n) is 5.63. The van der Waals surface area contributed by atoms with E-state index < -0.39 is 11.9 Å². The van der Waals surface area contributed by atoms with Crippen molar-refractivity contribution in [2.75, 3.05) is 5.32 Å². The maximum absolute atomic E-state index is 11.5. The van der Waals surface area contributed by atoms with Gasteiger partial charge in [-0.15, -0.1) is 0 Å². The third-order valence-electron chi connectivity index (χ3n) is 2.14. The van der Waals surface area contributed by atoms with E-state index >= 15 is 0 Å². The normalized spacial score (nSPS) is 10.6. The zero-order valence-corrected chi connectivity index (χ0v) is 10.4. The minimum absolute atomic E-state index is 0.278. The summed E-state index contributed by atoms with van der Waals surface area (Å²) in [5.74, 6) is -0.230. The van der Waals surface area contributed by atoms with E-state index in [1.54, 1.807) is 30.5 Å². The summed E-state index contributed by atoms with van der Waals surface area (Å²) in [6.45, 7) is 4.00. The van der Waals surface area contributed by atoms with E-state index in [0.29, 0.717) is 11.6 Å². The molecule has 0 aromatic heterocycles. The maximum Gasteiger partial charge on any atom is 0.323 e. The number of allylic oxidation sites excluding steroid dienone is 1. The van der Waals surface area contributed by atoms with Crippen LogP contribution in [-0.2, 0) is 0 Å². The average molecular weight is 247 g/mol. The number of anilines is 1. The first-order chi connectivity index (χ1) is 8.50. The van der Waals surface area contributed by atoms with Crippen LogP contribution in [-0.4, -0.2) is 11.9 Å². The van der Waals surface area contributed by atoms with E-state index in [1.165, 1.54) is 0 Å². The molecule has 0 aliphatic rings. The lowest BCUT2D eigenvalue weighted by molar-refractivity contribution is 0.100. The van der Waals surface area contributed by atoms with Crippen LogP contribution < -0.4 is 16.4 Å². The molecule has 0 heterocycles. The van der Waals surface area contributed by atoms with Crippen LogP contribution in [0.2, 0.25) is 0 Å². The highest BCUT2D eigenvalue weighted by Crippen LogP contribution is 2.13. The van der Waals surface area contributed by atoms with Gasteiger partial charge in [-0.1, -0.05) is 32.1 Å². The number of nitrogens with one attached hydrogen (secondary N) is 2. The topological polar surface area (TPSA) is 84.2 Å². The Morgan fingerprint density at radius 3 is 2.56 bits per heavy atom. The summed E-state index contributed by atoms with van der Waals surface area (Å²) in [4.78, 5) is 22.7. The number of carbonyl (C=O) groups is 2. The summed E-state index contributed by atoms with van der Waals surface area (Å²) in [7, 11) is 0. The molecule has 0 saturated heterocycles. The van der Waals surface area contributed by atoms with Gasteiger partial charge in [0.15, 0.2) is 0 Å². The minimum Gasteiger partial charge on any atom is -0.366 e. The van der Waals surface area contributed by atoms with Crippen LogP contribution in [0, 0.1) is 5.92 Å². The Hall–Kier alpha value is -2.30. The molecule has 0 fully saturated rings. The Morgan fingerprint density at radius 2 is 1.94 bits per heavy atom. The summed E-state index contributed by atoms with van der Waals surface area (Å²) in [6.07, 6.45) is 3.41. The standard InChI is InChI=1S/C13H17N3O2/c1-9(2)7-8-15-13(18)16-11-6-4-3-5-10(11)12(14)17/h3-9H,1-2H3,(H2,14,17)(H2,15,16,18)/b8-7+. The number of nitrogens with two attached hydrogens (primary N) is 1. The largest absolute Gasteiger partial charge is 0.366 e. The van der Waals surface area contributed by atoms with E-state index in [1.807, 2.05) is 19.9 Å². The molecule has 1 aromatic rings. The molecule has 5 nitrogen and oxygen atoms in total. The van der Waals surface area contributed by atoms with Crippen molar-refractivity contribution in [1.82, 2.24) is 5.32 Å². The molecule has 0 saturated carbocycles. The number of benzene rings is 1. The zero-order chi connectivity index (χ0) is 13.5. The summed E-state index contributed by atoms with van der Waals surface area (Å²) in [5, 5.41) is 5.11. The van der Waals surface area contributed by atoms with E-state index in [2.05, 4.69) is 10.6 Å². The zero-order valence-electron chi connectivity index (χ0n) is 10.4. The predicted octanol–water partition coefficient (Wildman–Crippen LogP) is 2.08. The van der Waals surface area contributed by atoms with Crippen molar-refractivity contribution in [2.45, 2.75) is 13.8 Å². The molecule has 5 heteroatoms. The molecule has 0 atom stereocenters. The molecule has 0 aliphatic carbocycles. The number of urea groups is 1. The van der Waals surface area contributed by atoms with Crippen molar-refractivity contribution < 1.29 is 9.59 Å². The molecule has 96 valence electrons. The van der Waals surface area contributed by atoms with Crippen LogP contribution >= 0.6 is 0 Å². The van der Waals surface area contributed by atoms with Gasteiger partial charge in [0, 0.05) is 6.20 Å². The molecule has 18 heavy (non-hydrogen) atoms. The van der Waals surface area contributed by atoms with Gasteiger partial charge in [0.05, 0.1) is 11.3 Å². The molecule has 0 aliphatic heterocycles. The van der Waals surface area contributed by atoms with Crippen molar-refractivity contribution in [1.29, 1.82) is 0 Å². The van der Waals surface area contributed by atoms with Gasteiger partial charge in [0.1, 0.15) is 0 Å². The van der Waals surface area contributed by atoms with Gasteiger partial charge >= 0.3 is 6.03 Å². The van der Waals surface area contributed by atoms with Gasteiger partial charge in [-0.25, -0.2) is 4.79 Å². The monoisotopic (exact) mass is 247 g/mol. The van der Waals surface area contributed by atoms with Gasteiger partial charge < -0.3 is 16.4 Å². The summed E-state index contributed by atoms with van der Waals surface area (Å²) in [6, 6.07) is 6.15. The van der Waals surface area contributed by atoms with E-state index in [9.17, 15) is 9.59 Å². The lowest BCUT2D eigenvalue weighted by Gasteiger charge is -2.08. The number of primary amides is 1. The number of para-hydroxylation sites is 1. The molecule has 4 N–H and O–H groups in total. The highest BCUT2D eigenvalue weighted by molar-refractivity contribution is 6.02. The molecule has 0 unspecified atom stereocenters. The quantitative estimate of drug-likeness (QED) is 0.761. The van der Waals surface area contributed by atoms with Gasteiger partial charge in [0.25, 0.3) is 5.91 Å². The van der Waals surface area contributed by atoms with E-state index in [-0.39, 0.29) is 5.56 Å². The van der Waals surface area contributed by atoms with Crippen LogP contribution in [0.3, 0.4) is 0 Å². The number of carbonyl (C=O) groups excluding carboxylic acids is 2. The smallest absolute Gasteiger partial charge is 0.323 e. The van der Waals surface area contributed by atoms with Crippen molar-refractivity contribution in [3.63, 3.8) is 0 Å². The third kappa shape index (κ3) is 4.29. The lowest BCUT2D eigenvalue weighted by Crippen LogP contribution is -2.25. The van der Waals surface area contributed by atoms with Gasteiger partial charge in [0.2, 0.25) is 0 Å². The van der Waals surface area contributed by atoms with E-state index in [0.717, 1.165) is 0 Å². The van der Waals surface area contributed by atoms with Crippen molar-refractivity contribution in [3.05, 3.63) is 42.1 Å². The van der Waals surface area contributed by atoms with Crippen LogP contribution in [0.4, 0.5) is 10.5 Å². The van der Waals surface area contributed by atoms with Crippen molar-refractivity contribution in [2.24, 2.45) is 11.7 Å². The fourth-order valence-corrected chi connectivity index (χ4v) is 1.28. The summed E-state index contributed by atoms with van der Waals surface area (Å²) >= 11 is 0. The Balaban J connectivity index is 2.67. The summed E-state index contributed by atoms with van der Waals surface area (Å²) < 4.78 is 0. The molecule has 3 amide bonds. The van der Waals surface area contributed by atoms with Crippen LogP contribution in [0.1, 0.15) is 24.2 Å². The maximum atomic E-state index is 11.5. The molecular formula is C13H17N3O2. The third-order valence-corrected chi connectivity index (χ3v) is 2.14. The molecule has 1 rings (SSSR count). The molecule has 0 bridgehead atoms. The van der Waals surface area contributed by atoms with Crippen molar-refractivity contribution in [3.8, 4) is 0 Å². The molecule has 0 spiro atoms. The number of amides is 3. The number of hydrogen-bond acceptors (Lipinski definition) is 2. The van der Waals surface area contributed by atoms with Crippen LogP contribution in [0.15, 0.2) is 36.5 Å². The van der Waals surface area contributed by atoms with Gasteiger partial charge in [-0.05, 0) is 18.1 Å². The first kappa shape index (κ1) is 13.8. The highest BCUT2D eigenvalue weighted by Gasteiger charge is 2.08. The van der Waals surface area contributed by atoms with Gasteiger partial charge in [-0.3, -0.25) is 4.79 Å². The number of hydrogen-bond donors (Lipinski definition) is 3. The highest BCUT2D eigenvalue weighted by atomic mass is 16.2. The van der Waals surface area contributed by atoms with Crippen LogP contribution in [0.5, 0.6) is 0 Å². The minimum atomic E-state index is -0.580. The Morgan fingerprint density at radius 1 is 1.28 bits per heavy atom. The Bertz CT molecular complexity index is 467. The predicted molar refractivity (Wildman–Crippen MR) is 71.1 cm³/mol. The lowest BCUT2D eigenvalue weighted by atomic mass is 10.1. The molecular weight excluding hydrogens is 230 g/mol. The van der Waals surface area contributed by atoms with Gasteiger partial charge in [-0.2, -0.15) is 0 Å². The fraction of sp³-hybridized carbons (Fsp3) is 0.231. The first-order valence-corrected chi connectivity index (χ1v) is 5.63. The van der Waals surface area contributed by atoms with E-state index in [4.69, 9.17) is 5.73 Å². The second kappa shape index (κ2) is 6.44. The second-order valence-electron chi connectivity index (χ2n) is 4.11. The fourth-order valence-electron chi connectivity index (χ4n) is 1.28. The summed E-state index contributed by atoms with van der Waals surface area (Å²) in [5.41, 5.74) is 5.87. The SMILES string of the molecule is CC(C)/C=C/NC(=O)Nc1ccccc1C(N)=O. The van der Waals surface area contributed by atoms with Crippen molar-refractivity contribution >= 4 is 17.6 Å². The Kier molecular flexibility index (Phi) is 4.92. The van der Waals surface area contributed by atoms with Crippen LogP contribution in [0.25, 0.3) is 0 Å². The molecule has 0 radical (unpaired) electrons. The molecule has 1 aromatic carbocycles. The average Bonchev–Trinajstić information content (AvgIpc) is 2.28. The number of rotatable bonds is 4.